The van der Waals surface area contributed by atoms with E-state index in [9.17, 15) is 0 Å². The summed E-state index contributed by atoms with van der Waals surface area (Å²) in [5.74, 6) is 1.75. The van der Waals surface area contributed by atoms with Crippen LogP contribution < -0.4 is 4.74 Å². The quantitative estimate of drug-likeness (QED) is 0.839. The Balaban J connectivity index is 1.53. The van der Waals surface area contributed by atoms with E-state index in [-0.39, 0.29) is 0 Å². The Morgan fingerprint density at radius 3 is 2.80 bits per heavy atom. The molecule has 1 saturated heterocycles. The molecule has 4 heteroatoms. The van der Waals surface area contributed by atoms with Gasteiger partial charge in [0.15, 0.2) is 0 Å². The van der Waals surface area contributed by atoms with E-state index >= 15 is 0 Å². The van der Waals surface area contributed by atoms with E-state index in [0.29, 0.717) is 6.61 Å². The van der Waals surface area contributed by atoms with Crippen LogP contribution in [0.3, 0.4) is 0 Å². The van der Waals surface area contributed by atoms with Crippen LogP contribution in [0.25, 0.3) is 11.3 Å². The first kappa shape index (κ1) is 13.2. The van der Waals surface area contributed by atoms with Gasteiger partial charge in [-0.3, -0.25) is 4.90 Å². The van der Waals surface area contributed by atoms with Gasteiger partial charge in [-0.25, -0.2) is 0 Å². The van der Waals surface area contributed by atoms with Crippen molar-refractivity contribution in [3.8, 4) is 17.1 Å². The van der Waals surface area contributed by atoms with E-state index in [1.54, 1.807) is 6.26 Å². The van der Waals surface area contributed by atoms with Gasteiger partial charge in [0.1, 0.15) is 18.1 Å². The summed E-state index contributed by atoms with van der Waals surface area (Å²) in [4.78, 5) is 2.36. The lowest BCUT2D eigenvalue weighted by Crippen LogP contribution is -2.38. The van der Waals surface area contributed by atoms with Gasteiger partial charge in [-0.2, -0.15) is 0 Å². The zero-order valence-electron chi connectivity index (χ0n) is 11.5. The molecule has 0 aliphatic carbocycles. The fraction of sp³-hybridized carbons (Fsp3) is 0.375. The molecule has 0 amide bonds. The standard InChI is InChI=1S/C16H19NO3/c1-3-14(16-5-2-9-20-16)13-15(4-1)19-12-8-17-6-10-18-11-7-17/h1-5,9,13H,6-8,10-12H2. The number of morpholine rings is 1. The highest BCUT2D eigenvalue weighted by molar-refractivity contribution is 5.59. The Morgan fingerprint density at radius 2 is 2.00 bits per heavy atom. The Labute approximate surface area is 118 Å². The van der Waals surface area contributed by atoms with Gasteiger partial charge in [0.2, 0.25) is 0 Å². The third kappa shape index (κ3) is 3.40. The summed E-state index contributed by atoms with van der Waals surface area (Å²) in [6, 6.07) is 11.8. The predicted octanol–water partition coefficient (Wildman–Crippen LogP) is 2.66. The fourth-order valence-electron chi connectivity index (χ4n) is 2.30. The molecule has 0 N–H and O–H groups in total. The van der Waals surface area contributed by atoms with Crippen LogP contribution in [-0.4, -0.2) is 44.4 Å². The number of hydrogen-bond acceptors (Lipinski definition) is 4. The summed E-state index contributed by atoms with van der Waals surface area (Å²) in [6.07, 6.45) is 1.68. The molecular weight excluding hydrogens is 254 g/mol. The third-order valence-corrected chi connectivity index (χ3v) is 3.42. The molecule has 1 aromatic heterocycles. The normalized spacial score (nSPS) is 16.2. The molecule has 3 rings (SSSR count). The molecule has 0 spiro atoms. The summed E-state index contributed by atoms with van der Waals surface area (Å²) in [7, 11) is 0. The van der Waals surface area contributed by atoms with E-state index in [1.807, 2.05) is 36.4 Å². The summed E-state index contributed by atoms with van der Waals surface area (Å²) in [5, 5.41) is 0. The van der Waals surface area contributed by atoms with Gasteiger partial charge in [-0.1, -0.05) is 12.1 Å². The number of furan rings is 1. The average molecular weight is 273 g/mol. The van der Waals surface area contributed by atoms with Crippen molar-refractivity contribution < 1.29 is 13.9 Å². The highest BCUT2D eigenvalue weighted by atomic mass is 16.5. The topological polar surface area (TPSA) is 34.8 Å². The largest absolute Gasteiger partial charge is 0.492 e. The molecule has 2 heterocycles. The lowest BCUT2D eigenvalue weighted by atomic mass is 10.2. The number of rotatable bonds is 5. The molecular formula is C16H19NO3. The molecule has 4 nitrogen and oxygen atoms in total. The first-order chi connectivity index (χ1) is 9.92. The Kier molecular flexibility index (Phi) is 4.35. The van der Waals surface area contributed by atoms with Crippen LogP contribution in [0.4, 0.5) is 0 Å². The van der Waals surface area contributed by atoms with E-state index in [1.165, 1.54) is 0 Å². The molecule has 0 bridgehead atoms. The molecule has 1 aliphatic heterocycles. The molecule has 0 atom stereocenters. The van der Waals surface area contributed by atoms with E-state index in [4.69, 9.17) is 13.9 Å². The molecule has 20 heavy (non-hydrogen) atoms. The number of nitrogens with zero attached hydrogens (tertiary/aromatic N) is 1. The zero-order chi connectivity index (χ0) is 13.6. The SMILES string of the molecule is c1cc(OCCN2CCOCC2)cc(-c2ccco2)c1. The number of benzene rings is 1. The van der Waals surface area contributed by atoms with Crippen molar-refractivity contribution in [2.75, 3.05) is 39.5 Å². The first-order valence-corrected chi connectivity index (χ1v) is 6.99. The van der Waals surface area contributed by atoms with Crippen molar-refractivity contribution in [1.82, 2.24) is 4.90 Å². The van der Waals surface area contributed by atoms with Gasteiger partial charge in [-0.05, 0) is 24.3 Å². The summed E-state index contributed by atoms with van der Waals surface area (Å²) < 4.78 is 16.5. The maximum absolute atomic E-state index is 5.82. The van der Waals surface area contributed by atoms with E-state index in [2.05, 4.69) is 4.90 Å². The minimum atomic E-state index is 0.696. The van der Waals surface area contributed by atoms with E-state index < -0.39 is 0 Å². The zero-order valence-corrected chi connectivity index (χ0v) is 11.5. The second-order valence-electron chi connectivity index (χ2n) is 4.81. The van der Waals surface area contributed by atoms with Gasteiger partial charge in [0, 0.05) is 25.2 Å². The van der Waals surface area contributed by atoms with Crippen LogP contribution in [-0.2, 0) is 4.74 Å². The van der Waals surface area contributed by atoms with Crippen molar-refractivity contribution in [3.05, 3.63) is 42.7 Å². The average Bonchev–Trinajstić information content (AvgIpc) is 3.03. The smallest absolute Gasteiger partial charge is 0.133 e. The van der Waals surface area contributed by atoms with Gasteiger partial charge >= 0.3 is 0 Å². The number of ether oxygens (including phenoxy) is 2. The molecule has 1 aromatic carbocycles. The summed E-state index contributed by atoms with van der Waals surface area (Å²) in [5.41, 5.74) is 1.04. The van der Waals surface area contributed by atoms with Crippen LogP contribution in [0.15, 0.2) is 47.1 Å². The van der Waals surface area contributed by atoms with Crippen molar-refractivity contribution >= 4 is 0 Å². The minimum absolute atomic E-state index is 0.696. The number of hydrogen-bond donors (Lipinski definition) is 0. The lowest BCUT2D eigenvalue weighted by molar-refractivity contribution is 0.0322. The Morgan fingerprint density at radius 1 is 1.10 bits per heavy atom. The predicted molar refractivity (Wildman–Crippen MR) is 76.9 cm³/mol. The third-order valence-electron chi connectivity index (χ3n) is 3.42. The molecule has 106 valence electrons. The molecule has 0 saturated carbocycles. The van der Waals surface area contributed by atoms with Gasteiger partial charge in [-0.15, -0.1) is 0 Å². The maximum Gasteiger partial charge on any atom is 0.133 e. The van der Waals surface area contributed by atoms with Crippen molar-refractivity contribution in [3.63, 3.8) is 0 Å². The Hall–Kier alpha value is -1.78. The molecule has 1 aliphatic rings. The van der Waals surface area contributed by atoms with E-state index in [0.717, 1.165) is 49.9 Å². The van der Waals surface area contributed by atoms with Crippen LogP contribution in [0.2, 0.25) is 0 Å². The highest BCUT2D eigenvalue weighted by Gasteiger charge is 2.10. The minimum Gasteiger partial charge on any atom is -0.492 e. The van der Waals surface area contributed by atoms with Gasteiger partial charge < -0.3 is 13.9 Å². The molecule has 0 radical (unpaired) electrons. The first-order valence-electron chi connectivity index (χ1n) is 6.99. The fourth-order valence-corrected chi connectivity index (χ4v) is 2.30. The second-order valence-corrected chi connectivity index (χ2v) is 4.81. The monoisotopic (exact) mass is 273 g/mol. The Bertz CT molecular complexity index is 518. The van der Waals surface area contributed by atoms with Gasteiger partial charge in [0.25, 0.3) is 0 Å². The maximum atomic E-state index is 5.82. The molecule has 1 fully saturated rings. The van der Waals surface area contributed by atoms with Gasteiger partial charge in [0.05, 0.1) is 19.5 Å². The van der Waals surface area contributed by atoms with Crippen LogP contribution in [0.1, 0.15) is 0 Å². The van der Waals surface area contributed by atoms with Crippen LogP contribution >= 0.6 is 0 Å². The molecule has 0 unspecified atom stereocenters. The van der Waals surface area contributed by atoms with Crippen molar-refractivity contribution in [2.24, 2.45) is 0 Å². The lowest BCUT2D eigenvalue weighted by Gasteiger charge is -2.26. The summed E-state index contributed by atoms with van der Waals surface area (Å²) >= 11 is 0. The van der Waals surface area contributed by atoms with Crippen LogP contribution in [0.5, 0.6) is 5.75 Å². The van der Waals surface area contributed by atoms with Crippen molar-refractivity contribution in [1.29, 1.82) is 0 Å². The second kappa shape index (κ2) is 6.59. The summed E-state index contributed by atoms with van der Waals surface area (Å²) in [6.45, 7) is 5.28. The highest BCUT2D eigenvalue weighted by Crippen LogP contribution is 2.24. The van der Waals surface area contributed by atoms with Crippen molar-refractivity contribution in [2.45, 2.75) is 0 Å². The van der Waals surface area contributed by atoms with Crippen LogP contribution in [0, 0.1) is 0 Å². The molecule has 2 aromatic rings.